The third-order valence-corrected chi connectivity index (χ3v) is 6.50. The zero-order valence-corrected chi connectivity index (χ0v) is 21.4. The molecule has 5 atom stereocenters. The van der Waals surface area contributed by atoms with Crippen molar-refractivity contribution in [3.05, 3.63) is 71.8 Å². The minimum atomic E-state index is -0.0704. The highest BCUT2D eigenvalue weighted by Gasteiger charge is 2.45. The number of aliphatic hydroxyl groups is 1. The van der Waals surface area contributed by atoms with Gasteiger partial charge in [-0.25, -0.2) is 0 Å². The van der Waals surface area contributed by atoms with Gasteiger partial charge >= 0.3 is 5.97 Å². The van der Waals surface area contributed by atoms with Crippen molar-refractivity contribution in [1.82, 2.24) is 0 Å². The van der Waals surface area contributed by atoms with E-state index in [-0.39, 0.29) is 11.9 Å². The first-order valence-electron chi connectivity index (χ1n) is 12.3. The maximum Gasteiger partial charge on any atom is 0.308 e. The standard InChI is InChI=1S/2C10H14.C8H12O3.CH4O/c2*1-3-9(2)10-7-5-4-6-8-10;1-10-8(9)5-2-3-6-7(4-5)11-6;1-2/h2*4-9H,3H2,1-2H3;5-7H,2-4H2,1H3;2H,1H3. The first kappa shape index (κ1) is 28.9. The number of esters is 1. The van der Waals surface area contributed by atoms with Gasteiger partial charge in [0.25, 0.3) is 0 Å². The molecule has 0 radical (unpaired) electrons. The molecule has 2 aliphatic rings. The minimum Gasteiger partial charge on any atom is -0.469 e. The highest BCUT2D eigenvalue weighted by atomic mass is 16.6. The van der Waals surface area contributed by atoms with Crippen LogP contribution in [0.2, 0.25) is 0 Å². The van der Waals surface area contributed by atoms with Crippen LogP contribution in [0.5, 0.6) is 0 Å². The summed E-state index contributed by atoms with van der Waals surface area (Å²) in [4.78, 5) is 11.1. The topological polar surface area (TPSA) is 59.1 Å². The van der Waals surface area contributed by atoms with E-state index in [0.29, 0.717) is 24.0 Å². The molecule has 5 unspecified atom stereocenters. The first-order valence-corrected chi connectivity index (χ1v) is 12.3. The predicted molar refractivity (Wildman–Crippen MR) is 136 cm³/mol. The van der Waals surface area contributed by atoms with Crippen LogP contribution in [0.3, 0.4) is 0 Å². The van der Waals surface area contributed by atoms with E-state index >= 15 is 0 Å². The van der Waals surface area contributed by atoms with Gasteiger partial charge in [0, 0.05) is 7.11 Å². The minimum absolute atomic E-state index is 0.0704. The molecular formula is C29H44O4. The molecule has 1 N–H and O–H groups in total. The lowest BCUT2D eigenvalue weighted by Gasteiger charge is -2.15. The lowest BCUT2D eigenvalue weighted by Crippen LogP contribution is -2.22. The van der Waals surface area contributed by atoms with Crippen molar-refractivity contribution in [1.29, 1.82) is 0 Å². The van der Waals surface area contributed by atoms with Gasteiger partial charge in [-0.15, -0.1) is 0 Å². The summed E-state index contributed by atoms with van der Waals surface area (Å²) >= 11 is 0. The van der Waals surface area contributed by atoms with E-state index in [0.717, 1.165) is 26.4 Å². The fourth-order valence-electron chi connectivity index (χ4n) is 3.82. The summed E-state index contributed by atoms with van der Waals surface area (Å²) in [7, 11) is 2.45. The Balaban J connectivity index is 0.000000239. The number of epoxide rings is 1. The second-order valence-electron chi connectivity index (χ2n) is 8.69. The summed E-state index contributed by atoms with van der Waals surface area (Å²) < 4.78 is 9.96. The molecule has 1 saturated heterocycles. The second kappa shape index (κ2) is 16.4. The van der Waals surface area contributed by atoms with Crippen molar-refractivity contribution in [3.8, 4) is 0 Å². The predicted octanol–water partition coefficient (Wildman–Crippen LogP) is 6.74. The number of fused-ring (bicyclic) bond motifs is 1. The van der Waals surface area contributed by atoms with E-state index in [1.54, 1.807) is 0 Å². The molecule has 4 rings (SSSR count). The number of carbonyl (C=O) groups is 1. The molecule has 2 aromatic rings. The number of hydrogen-bond acceptors (Lipinski definition) is 4. The summed E-state index contributed by atoms with van der Waals surface area (Å²) in [5, 5.41) is 7.00. The van der Waals surface area contributed by atoms with Gasteiger partial charge in [-0.05, 0) is 55.1 Å². The number of methoxy groups -OCH3 is 1. The summed E-state index contributed by atoms with van der Waals surface area (Å²) in [5.41, 5.74) is 2.90. The summed E-state index contributed by atoms with van der Waals surface area (Å²) in [6.45, 7) is 8.96. The molecule has 2 fully saturated rings. The molecule has 1 saturated carbocycles. The number of hydrogen-bond donors (Lipinski definition) is 1. The van der Waals surface area contributed by atoms with Gasteiger partial charge < -0.3 is 14.6 Å². The Kier molecular flexibility index (Phi) is 14.4. The molecule has 4 heteroatoms. The number of ether oxygens (including phenoxy) is 2. The molecule has 0 bridgehead atoms. The first-order chi connectivity index (χ1) is 16.0. The van der Waals surface area contributed by atoms with E-state index in [9.17, 15) is 4.79 Å². The number of rotatable bonds is 5. The molecule has 0 amide bonds. The molecule has 184 valence electrons. The van der Waals surface area contributed by atoms with Gasteiger partial charge in [0.1, 0.15) is 0 Å². The maximum absolute atomic E-state index is 11.1. The summed E-state index contributed by atoms with van der Waals surface area (Å²) in [6, 6.07) is 21.3. The highest BCUT2D eigenvalue weighted by molar-refractivity contribution is 5.72. The van der Waals surface area contributed by atoms with Crippen molar-refractivity contribution >= 4 is 5.97 Å². The summed E-state index contributed by atoms with van der Waals surface area (Å²) in [5.74, 6) is 1.45. The largest absolute Gasteiger partial charge is 0.469 e. The van der Waals surface area contributed by atoms with Crippen LogP contribution in [0.15, 0.2) is 60.7 Å². The van der Waals surface area contributed by atoms with Gasteiger partial charge in [-0.2, -0.15) is 0 Å². The van der Waals surface area contributed by atoms with Crippen molar-refractivity contribution in [3.63, 3.8) is 0 Å². The van der Waals surface area contributed by atoms with Crippen LogP contribution in [0.4, 0.5) is 0 Å². The van der Waals surface area contributed by atoms with E-state index in [2.05, 4.69) is 93.1 Å². The lowest BCUT2D eigenvalue weighted by molar-refractivity contribution is -0.146. The molecule has 0 aromatic heterocycles. The molecule has 1 aliphatic heterocycles. The maximum atomic E-state index is 11.1. The number of benzene rings is 2. The molecular weight excluding hydrogens is 412 g/mol. The average molecular weight is 457 g/mol. The van der Waals surface area contributed by atoms with Gasteiger partial charge in [0.2, 0.25) is 0 Å². The Bertz CT molecular complexity index is 701. The fourth-order valence-corrected chi connectivity index (χ4v) is 3.82. The zero-order chi connectivity index (χ0) is 24.6. The van der Waals surface area contributed by atoms with Gasteiger partial charge in [0.15, 0.2) is 0 Å². The average Bonchev–Trinajstić information content (AvgIpc) is 3.69. The molecule has 33 heavy (non-hydrogen) atoms. The van der Waals surface area contributed by atoms with Crippen molar-refractivity contribution in [2.24, 2.45) is 5.92 Å². The Hall–Kier alpha value is -2.17. The molecule has 2 aromatic carbocycles. The van der Waals surface area contributed by atoms with Crippen LogP contribution in [-0.2, 0) is 14.3 Å². The SMILES string of the molecule is CCC(C)c1ccccc1.CCC(C)c1ccccc1.CO.COC(=O)C1CCC2OC2C1. The van der Waals surface area contributed by atoms with Crippen LogP contribution in [0.1, 0.15) is 82.8 Å². The van der Waals surface area contributed by atoms with Crippen LogP contribution >= 0.6 is 0 Å². The highest BCUT2D eigenvalue weighted by Crippen LogP contribution is 2.39. The third-order valence-electron chi connectivity index (χ3n) is 6.50. The quantitative estimate of drug-likeness (QED) is 0.400. The normalized spacial score (nSPS) is 21.7. The van der Waals surface area contributed by atoms with Gasteiger partial charge in [0.05, 0.1) is 25.2 Å². The van der Waals surface area contributed by atoms with Crippen molar-refractivity contribution in [2.75, 3.05) is 14.2 Å². The molecule has 1 aliphatic carbocycles. The summed E-state index contributed by atoms with van der Waals surface area (Å²) in [6.07, 6.45) is 6.13. The van der Waals surface area contributed by atoms with Crippen molar-refractivity contribution < 1.29 is 19.4 Å². The van der Waals surface area contributed by atoms with E-state index in [1.807, 2.05) is 0 Å². The molecule has 1 heterocycles. The van der Waals surface area contributed by atoms with Crippen molar-refractivity contribution in [2.45, 2.75) is 83.8 Å². The van der Waals surface area contributed by atoms with E-state index in [4.69, 9.17) is 9.84 Å². The molecule has 4 nitrogen and oxygen atoms in total. The van der Waals surface area contributed by atoms with Crippen LogP contribution in [0, 0.1) is 5.92 Å². The second-order valence-corrected chi connectivity index (χ2v) is 8.69. The monoisotopic (exact) mass is 456 g/mol. The smallest absolute Gasteiger partial charge is 0.308 e. The van der Waals surface area contributed by atoms with Crippen LogP contribution in [0.25, 0.3) is 0 Å². The van der Waals surface area contributed by atoms with Crippen LogP contribution < -0.4 is 0 Å². The Morgan fingerprint density at radius 3 is 1.70 bits per heavy atom. The molecule has 0 spiro atoms. The van der Waals surface area contributed by atoms with E-state index < -0.39 is 0 Å². The zero-order valence-electron chi connectivity index (χ0n) is 21.4. The third kappa shape index (κ3) is 10.5. The van der Waals surface area contributed by atoms with Gasteiger partial charge in [-0.3, -0.25) is 4.79 Å². The number of carbonyl (C=O) groups excluding carboxylic acids is 1. The Morgan fingerprint density at radius 2 is 1.33 bits per heavy atom. The van der Waals surface area contributed by atoms with E-state index in [1.165, 1.54) is 31.1 Å². The van der Waals surface area contributed by atoms with Crippen LogP contribution in [-0.4, -0.2) is 37.5 Å². The number of aliphatic hydroxyl groups excluding tert-OH is 1. The van der Waals surface area contributed by atoms with Gasteiger partial charge in [-0.1, -0.05) is 88.4 Å². The lowest BCUT2D eigenvalue weighted by atomic mass is 9.89. The fraction of sp³-hybridized carbons (Fsp3) is 0.552. The Morgan fingerprint density at radius 1 is 0.879 bits per heavy atom. The Labute approximate surface area is 201 Å².